The lowest BCUT2D eigenvalue weighted by Crippen LogP contribution is -2.38. The third-order valence-electron chi connectivity index (χ3n) is 8.15. The summed E-state index contributed by atoms with van der Waals surface area (Å²) in [4.78, 5) is 23.5. The number of aromatic nitrogens is 1. The molecule has 1 aromatic heterocycles. The molecule has 3 aromatic carbocycles. The van der Waals surface area contributed by atoms with Gasteiger partial charge in [-0.3, -0.25) is 4.79 Å². The smallest absolute Gasteiger partial charge is 0.254 e. The number of nitrogens with zero attached hydrogens (tertiary/aromatic N) is 3. The van der Waals surface area contributed by atoms with E-state index in [1.165, 1.54) is 17.5 Å². The van der Waals surface area contributed by atoms with Crippen LogP contribution in [0, 0.1) is 6.92 Å². The first kappa shape index (κ1) is 24.9. The second kappa shape index (κ2) is 10.5. The maximum absolute atomic E-state index is 14.0. The Kier molecular flexibility index (Phi) is 6.52. The Morgan fingerprint density at radius 1 is 0.900 bits per heavy atom. The molecular weight excluding hydrogens is 502 g/mol. The van der Waals surface area contributed by atoms with Gasteiger partial charge in [0.15, 0.2) is 11.5 Å². The van der Waals surface area contributed by atoms with Crippen LogP contribution in [0.3, 0.4) is 0 Å². The SMILES string of the molecule is Cc1ccc(C(=O)N(Cc2ccc3c(c2)OCO3)Cc2cc3cc4c(cc3nc2N2CCOCC2)CCC4)cc1. The Balaban J connectivity index is 1.29. The molecule has 2 aliphatic heterocycles. The Morgan fingerprint density at radius 3 is 2.50 bits per heavy atom. The topological polar surface area (TPSA) is 64.1 Å². The highest BCUT2D eigenvalue weighted by atomic mass is 16.7. The standard InChI is InChI=1S/C33H33N3O4/c1-22-5-8-24(9-6-22)33(37)36(19-23-7-10-30-31(15-23)40-21-39-30)20-28-17-27-16-25-3-2-4-26(25)18-29(27)34-32(28)35-11-13-38-14-12-35/h5-10,15-18H,2-4,11-14,19-21H2,1H3. The molecule has 1 fully saturated rings. The summed E-state index contributed by atoms with van der Waals surface area (Å²) in [7, 11) is 0. The van der Waals surface area contributed by atoms with Gasteiger partial charge in [0.2, 0.25) is 6.79 Å². The lowest BCUT2D eigenvalue weighted by Gasteiger charge is -2.31. The number of anilines is 1. The number of amides is 1. The molecule has 204 valence electrons. The molecule has 0 radical (unpaired) electrons. The van der Waals surface area contributed by atoms with Crippen LogP contribution in [0.25, 0.3) is 10.9 Å². The molecule has 0 N–H and O–H groups in total. The number of ether oxygens (including phenoxy) is 3. The molecule has 7 rings (SSSR count). The van der Waals surface area contributed by atoms with Crippen LogP contribution in [0.15, 0.2) is 60.7 Å². The van der Waals surface area contributed by atoms with E-state index in [0.29, 0.717) is 31.9 Å². The Bertz CT molecular complexity index is 1580. The summed E-state index contributed by atoms with van der Waals surface area (Å²) >= 11 is 0. The maximum atomic E-state index is 14.0. The highest BCUT2D eigenvalue weighted by Crippen LogP contribution is 2.34. The Hall–Kier alpha value is -4.10. The normalized spacial score (nSPS) is 15.9. The van der Waals surface area contributed by atoms with Gasteiger partial charge in [-0.25, -0.2) is 4.98 Å². The van der Waals surface area contributed by atoms with Gasteiger partial charge in [-0.2, -0.15) is 0 Å². The summed E-state index contributed by atoms with van der Waals surface area (Å²) < 4.78 is 16.8. The van der Waals surface area contributed by atoms with Gasteiger partial charge >= 0.3 is 0 Å². The molecule has 0 spiro atoms. The van der Waals surface area contributed by atoms with E-state index in [2.05, 4.69) is 23.1 Å². The van der Waals surface area contributed by atoms with Crippen molar-refractivity contribution in [3.8, 4) is 11.5 Å². The van der Waals surface area contributed by atoms with Crippen molar-refractivity contribution in [2.45, 2.75) is 39.3 Å². The third kappa shape index (κ3) is 4.86. The van der Waals surface area contributed by atoms with Gasteiger partial charge in [0, 0.05) is 42.7 Å². The molecule has 0 atom stereocenters. The van der Waals surface area contributed by atoms with Gasteiger partial charge in [0.1, 0.15) is 5.82 Å². The average molecular weight is 536 g/mol. The van der Waals surface area contributed by atoms with E-state index in [1.54, 1.807) is 0 Å². The van der Waals surface area contributed by atoms with Crippen LogP contribution in [-0.4, -0.2) is 48.9 Å². The molecule has 3 heterocycles. The van der Waals surface area contributed by atoms with Crippen LogP contribution < -0.4 is 14.4 Å². The van der Waals surface area contributed by atoms with Gasteiger partial charge < -0.3 is 24.0 Å². The predicted molar refractivity (Wildman–Crippen MR) is 154 cm³/mol. The van der Waals surface area contributed by atoms with Crippen molar-refractivity contribution in [2.75, 3.05) is 38.0 Å². The molecule has 0 saturated carbocycles. The molecule has 40 heavy (non-hydrogen) atoms. The van der Waals surface area contributed by atoms with E-state index in [-0.39, 0.29) is 12.7 Å². The molecule has 0 unspecified atom stereocenters. The van der Waals surface area contributed by atoms with Crippen LogP contribution in [0.1, 0.15) is 44.6 Å². The monoisotopic (exact) mass is 535 g/mol. The number of morpholine rings is 1. The first-order chi connectivity index (χ1) is 19.6. The number of rotatable bonds is 6. The quantitative estimate of drug-likeness (QED) is 0.328. The van der Waals surface area contributed by atoms with Crippen molar-refractivity contribution in [3.63, 3.8) is 0 Å². The highest BCUT2D eigenvalue weighted by Gasteiger charge is 2.24. The first-order valence-electron chi connectivity index (χ1n) is 14.1. The van der Waals surface area contributed by atoms with Crippen LogP contribution in [0.4, 0.5) is 5.82 Å². The van der Waals surface area contributed by atoms with E-state index in [0.717, 1.165) is 70.8 Å². The number of hydrogen-bond donors (Lipinski definition) is 0. The maximum Gasteiger partial charge on any atom is 0.254 e. The minimum absolute atomic E-state index is 0.0142. The molecule has 3 aliphatic rings. The number of benzene rings is 3. The van der Waals surface area contributed by atoms with Crippen molar-refractivity contribution in [1.82, 2.24) is 9.88 Å². The van der Waals surface area contributed by atoms with Crippen molar-refractivity contribution < 1.29 is 19.0 Å². The zero-order valence-corrected chi connectivity index (χ0v) is 22.8. The number of pyridine rings is 1. The van der Waals surface area contributed by atoms with Crippen LogP contribution in [0.5, 0.6) is 11.5 Å². The molecule has 4 aromatic rings. The van der Waals surface area contributed by atoms with E-state index < -0.39 is 0 Å². The third-order valence-corrected chi connectivity index (χ3v) is 8.15. The van der Waals surface area contributed by atoms with Crippen LogP contribution >= 0.6 is 0 Å². The van der Waals surface area contributed by atoms with Gasteiger partial charge in [-0.15, -0.1) is 0 Å². The van der Waals surface area contributed by atoms with Gasteiger partial charge in [0.25, 0.3) is 5.91 Å². The number of hydrogen-bond acceptors (Lipinski definition) is 6. The summed E-state index contributed by atoms with van der Waals surface area (Å²) in [5.41, 5.74) is 7.70. The van der Waals surface area contributed by atoms with E-state index in [9.17, 15) is 4.79 Å². The fourth-order valence-corrected chi connectivity index (χ4v) is 5.99. The average Bonchev–Trinajstić information content (AvgIpc) is 3.64. The Labute approximate surface area is 234 Å². The minimum Gasteiger partial charge on any atom is -0.454 e. The summed E-state index contributed by atoms with van der Waals surface area (Å²) in [5, 5.41) is 1.14. The zero-order valence-electron chi connectivity index (χ0n) is 22.8. The van der Waals surface area contributed by atoms with Crippen LogP contribution in [0.2, 0.25) is 0 Å². The highest BCUT2D eigenvalue weighted by molar-refractivity contribution is 5.94. The lowest BCUT2D eigenvalue weighted by atomic mass is 10.0. The molecule has 0 bridgehead atoms. The number of fused-ring (bicyclic) bond motifs is 3. The van der Waals surface area contributed by atoms with Gasteiger partial charge in [-0.05, 0) is 85.3 Å². The summed E-state index contributed by atoms with van der Waals surface area (Å²) in [6, 6.07) is 20.5. The van der Waals surface area contributed by atoms with E-state index >= 15 is 0 Å². The van der Waals surface area contributed by atoms with Crippen molar-refractivity contribution in [1.29, 1.82) is 0 Å². The zero-order chi connectivity index (χ0) is 27.1. The number of carbonyl (C=O) groups excluding carboxylic acids is 1. The molecule has 7 heteroatoms. The van der Waals surface area contributed by atoms with Gasteiger partial charge in [0.05, 0.1) is 18.7 Å². The molecule has 7 nitrogen and oxygen atoms in total. The minimum atomic E-state index is -0.0142. The summed E-state index contributed by atoms with van der Waals surface area (Å²) in [6.45, 7) is 6.04. The number of aryl methyl sites for hydroxylation is 3. The molecule has 1 aliphatic carbocycles. The van der Waals surface area contributed by atoms with Crippen molar-refractivity contribution in [2.24, 2.45) is 0 Å². The van der Waals surface area contributed by atoms with Crippen molar-refractivity contribution in [3.05, 3.63) is 94.0 Å². The first-order valence-corrected chi connectivity index (χ1v) is 14.1. The largest absolute Gasteiger partial charge is 0.454 e. The fourth-order valence-electron chi connectivity index (χ4n) is 5.99. The van der Waals surface area contributed by atoms with E-state index in [4.69, 9.17) is 19.2 Å². The lowest BCUT2D eigenvalue weighted by molar-refractivity contribution is 0.0729. The van der Waals surface area contributed by atoms with Crippen LogP contribution in [-0.2, 0) is 30.7 Å². The summed E-state index contributed by atoms with van der Waals surface area (Å²) in [6.07, 6.45) is 3.44. The molecule has 1 saturated heterocycles. The second-order valence-electron chi connectivity index (χ2n) is 11.0. The van der Waals surface area contributed by atoms with Crippen molar-refractivity contribution >= 4 is 22.6 Å². The second-order valence-corrected chi connectivity index (χ2v) is 11.0. The van der Waals surface area contributed by atoms with E-state index in [1.807, 2.05) is 54.3 Å². The molecule has 1 amide bonds. The van der Waals surface area contributed by atoms with Gasteiger partial charge in [-0.1, -0.05) is 23.8 Å². The summed E-state index contributed by atoms with van der Waals surface area (Å²) in [5.74, 6) is 2.39. The molecular formula is C33H33N3O4. The number of carbonyl (C=O) groups is 1. The predicted octanol–water partition coefficient (Wildman–Crippen LogP) is 5.44. The fraction of sp³-hybridized carbons (Fsp3) is 0.333. The Morgan fingerprint density at radius 2 is 1.68 bits per heavy atom.